The molecule has 0 aliphatic heterocycles. The lowest BCUT2D eigenvalue weighted by Gasteiger charge is -2.18. The highest BCUT2D eigenvalue weighted by Crippen LogP contribution is 2.05. The third kappa shape index (κ3) is 7.23. The van der Waals surface area contributed by atoms with Crippen molar-refractivity contribution in [2.75, 3.05) is 5.88 Å². The van der Waals surface area contributed by atoms with Crippen LogP contribution in [-0.4, -0.2) is 17.6 Å². The van der Waals surface area contributed by atoms with E-state index in [2.05, 4.69) is 17.3 Å². The molecule has 1 N–H and O–H groups in total. The lowest BCUT2D eigenvalue weighted by Crippen LogP contribution is -2.29. The first-order valence-corrected chi connectivity index (χ1v) is 4.02. The Hall–Kier alpha value is -0.880. The molecule has 3 nitrogen and oxygen atoms in total. The third-order valence-electron chi connectivity index (χ3n) is 0.719. The zero-order valence-corrected chi connectivity index (χ0v) is 8.16. The summed E-state index contributed by atoms with van der Waals surface area (Å²) in [6.07, 6.45) is -0.555. The summed E-state index contributed by atoms with van der Waals surface area (Å²) in [5, 5.41) is 2.23. The van der Waals surface area contributed by atoms with Crippen LogP contribution < -0.4 is 5.32 Å². The maximum absolute atomic E-state index is 10.9. The number of alkyl halides is 1. The van der Waals surface area contributed by atoms with E-state index in [1.54, 1.807) is 20.8 Å². The second-order valence-electron chi connectivity index (χ2n) is 3.06. The van der Waals surface area contributed by atoms with Gasteiger partial charge in [0.1, 0.15) is 5.60 Å². The van der Waals surface area contributed by atoms with Gasteiger partial charge in [0.25, 0.3) is 0 Å². The van der Waals surface area contributed by atoms with E-state index in [9.17, 15) is 4.79 Å². The van der Waals surface area contributed by atoms with Gasteiger partial charge in [-0.3, -0.25) is 0 Å². The minimum absolute atomic E-state index is 0.190. The summed E-state index contributed by atoms with van der Waals surface area (Å²) in [5.41, 5.74) is -0.493. The molecule has 0 saturated heterocycles. The van der Waals surface area contributed by atoms with E-state index >= 15 is 0 Å². The molecule has 0 bridgehead atoms. The van der Waals surface area contributed by atoms with E-state index in [4.69, 9.17) is 16.3 Å². The van der Waals surface area contributed by atoms with Gasteiger partial charge in [-0.1, -0.05) is 5.92 Å². The lowest BCUT2D eigenvalue weighted by molar-refractivity contribution is 0.0557. The molecule has 68 valence electrons. The first kappa shape index (κ1) is 11.1. The van der Waals surface area contributed by atoms with Crippen LogP contribution in [-0.2, 0) is 4.74 Å². The van der Waals surface area contributed by atoms with E-state index in [-0.39, 0.29) is 5.88 Å². The van der Waals surface area contributed by atoms with Gasteiger partial charge < -0.3 is 4.74 Å². The van der Waals surface area contributed by atoms with Gasteiger partial charge in [-0.15, -0.1) is 11.6 Å². The number of carbonyl (C=O) groups is 1. The van der Waals surface area contributed by atoms with Gasteiger partial charge in [0, 0.05) is 6.04 Å². The Morgan fingerprint density at radius 3 is 2.58 bits per heavy atom. The molecular weight excluding hydrogens is 178 g/mol. The van der Waals surface area contributed by atoms with Gasteiger partial charge in [0.2, 0.25) is 0 Å². The highest BCUT2D eigenvalue weighted by molar-refractivity contribution is 6.19. The van der Waals surface area contributed by atoms with Crippen LogP contribution in [0.1, 0.15) is 20.8 Å². The van der Waals surface area contributed by atoms with E-state index in [0.29, 0.717) is 0 Å². The Kier molecular flexibility index (Phi) is 4.53. The summed E-state index contributed by atoms with van der Waals surface area (Å²) in [6, 6.07) is 2.35. The van der Waals surface area contributed by atoms with Gasteiger partial charge >= 0.3 is 6.09 Å². The highest BCUT2D eigenvalue weighted by atomic mass is 35.5. The fourth-order valence-electron chi connectivity index (χ4n) is 0.432. The molecule has 0 aromatic heterocycles. The number of alkyl carbamates (subject to hydrolysis) is 1. The quantitative estimate of drug-likeness (QED) is 0.358. The van der Waals surface area contributed by atoms with E-state index < -0.39 is 11.7 Å². The highest BCUT2D eigenvalue weighted by Gasteiger charge is 2.14. The van der Waals surface area contributed by atoms with Crippen LogP contribution in [0.25, 0.3) is 0 Å². The number of ether oxygens (including phenoxy) is 1. The summed E-state index contributed by atoms with van der Waals surface area (Å²) in [5.74, 6) is 2.66. The summed E-state index contributed by atoms with van der Waals surface area (Å²) in [7, 11) is 0. The lowest BCUT2D eigenvalue weighted by atomic mass is 10.2. The monoisotopic (exact) mass is 189 g/mol. The van der Waals surface area contributed by atoms with Crippen LogP contribution >= 0.6 is 11.6 Å². The smallest absolute Gasteiger partial charge is 0.419 e. The van der Waals surface area contributed by atoms with E-state index in [0.717, 1.165) is 0 Å². The van der Waals surface area contributed by atoms with Crippen LogP contribution in [0.5, 0.6) is 0 Å². The number of amides is 1. The van der Waals surface area contributed by atoms with Crippen LogP contribution in [0.15, 0.2) is 0 Å². The predicted molar refractivity (Wildman–Crippen MR) is 47.9 cm³/mol. The molecule has 0 unspecified atom stereocenters. The SMILES string of the molecule is CC(C)(C)OC(=O)NC#CCCl. The molecule has 0 heterocycles. The van der Waals surface area contributed by atoms with Crippen molar-refractivity contribution in [1.82, 2.24) is 5.32 Å². The third-order valence-corrected chi connectivity index (χ3v) is 0.852. The van der Waals surface area contributed by atoms with Gasteiger partial charge in [0.15, 0.2) is 0 Å². The van der Waals surface area contributed by atoms with Crippen molar-refractivity contribution >= 4 is 17.7 Å². The molecule has 0 spiro atoms. The molecule has 12 heavy (non-hydrogen) atoms. The zero-order valence-electron chi connectivity index (χ0n) is 7.40. The Morgan fingerprint density at radius 2 is 2.17 bits per heavy atom. The van der Waals surface area contributed by atoms with Gasteiger partial charge in [-0.25, -0.2) is 10.1 Å². The molecule has 0 aliphatic carbocycles. The minimum Gasteiger partial charge on any atom is -0.443 e. The van der Waals surface area contributed by atoms with Gasteiger partial charge in [-0.2, -0.15) is 0 Å². The molecule has 0 atom stereocenters. The predicted octanol–water partition coefficient (Wildman–Crippen LogP) is 1.71. The molecule has 0 aliphatic rings. The van der Waals surface area contributed by atoms with E-state index in [1.807, 2.05) is 0 Å². The van der Waals surface area contributed by atoms with Gasteiger partial charge in [-0.05, 0) is 20.8 Å². The number of halogens is 1. The average Bonchev–Trinajstić information content (AvgIpc) is 1.84. The fourth-order valence-corrected chi connectivity index (χ4v) is 0.499. The molecule has 0 aromatic rings. The summed E-state index contributed by atoms with van der Waals surface area (Å²) < 4.78 is 4.89. The molecule has 0 radical (unpaired) electrons. The maximum atomic E-state index is 10.9. The summed E-state index contributed by atoms with van der Waals surface area (Å²) in [4.78, 5) is 10.9. The van der Waals surface area contributed by atoms with Crippen molar-refractivity contribution in [3.8, 4) is 12.0 Å². The molecule has 0 saturated carbocycles. The van der Waals surface area contributed by atoms with Crippen LogP contribution in [0.3, 0.4) is 0 Å². The second-order valence-corrected chi connectivity index (χ2v) is 3.33. The van der Waals surface area contributed by atoms with Crippen molar-refractivity contribution in [1.29, 1.82) is 0 Å². The van der Waals surface area contributed by atoms with Crippen molar-refractivity contribution in [2.45, 2.75) is 26.4 Å². The zero-order chi connectivity index (χ0) is 9.61. The Morgan fingerprint density at radius 1 is 1.58 bits per heavy atom. The normalized spacial score (nSPS) is 9.67. The molecule has 0 aromatic carbocycles. The van der Waals surface area contributed by atoms with Crippen molar-refractivity contribution in [3.05, 3.63) is 0 Å². The molecule has 1 amide bonds. The first-order valence-electron chi connectivity index (χ1n) is 3.48. The van der Waals surface area contributed by atoms with Crippen molar-refractivity contribution < 1.29 is 9.53 Å². The minimum atomic E-state index is -0.555. The number of hydrogen-bond donors (Lipinski definition) is 1. The standard InChI is InChI=1S/C8H12ClNO2/c1-8(2,3)12-7(11)10-6-4-5-9/h5H2,1-3H3,(H,10,11). The Labute approximate surface area is 77.4 Å². The summed E-state index contributed by atoms with van der Waals surface area (Å²) in [6.45, 7) is 5.34. The maximum Gasteiger partial charge on any atom is 0.419 e. The van der Waals surface area contributed by atoms with Crippen molar-refractivity contribution in [2.24, 2.45) is 0 Å². The average molecular weight is 190 g/mol. The van der Waals surface area contributed by atoms with Crippen LogP contribution in [0, 0.1) is 12.0 Å². The molecule has 4 heteroatoms. The number of nitrogens with one attached hydrogen (secondary N) is 1. The molecular formula is C8H12ClNO2. The topological polar surface area (TPSA) is 38.3 Å². The first-order chi connectivity index (χ1) is 5.45. The van der Waals surface area contributed by atoms with Crippen LogP contribution in [0.2, 0.25) is 0 Å². The van der Waals surface area contributed by atoms with Gasteiger partial charge in [0.05, 0.1) is 5.88 Å². The largest absolute Gasteiger partial charge is 0.443 e. The second kappa shape index (κ2) is 4.89. The van der Waals surface area contributed by atoms with Crippen LogP contribution in [0.4, 0.5) is 4.79 Å². The van der Waals surface area contributed by atoms with E-state index in [1.165, 1.54) is 0 Å². The molecule has 0 rings (SSSR count). The fraction of sp³-hybridized carbons (Fsp3) is 0.625. The summed E-state index contributed by atoms with van der Waals surface area (Å²) >= 11 is 5.25. The van der Waals surface area contributed by atoms with Crippen molar-refractivity contribution in [3.63, 3.8) is 0 Å². The molecule has 0 fully saturated rings. The Bertz CT molecular complexity index is 209. The number of rotatable bonds is 0. The Balaban J connectivity index is 3.76. The number of carbonyl (C=O) groups excluding carboxylic acids is 1. The number of hydrogen-bond acceptors (Lipinski definition) is 2.